The second-order valence-corrected chi connectivity index (χ2v) is 9.59. The van der Waals surface area contributed by atoms with Crippen LogP contribution in [0.1, 0.15) is 48.9 Å². The second-order valence-electron chi connectivity index (χ2n) is 9.59. The van der Waals surface area contributed by atoms with E-state index in [9.17, 15) is 4.79 Å². The summed E-state index contributed by atoms with van der Waals surface area (Å²) >= 11 is 0. The summed E-state index contributed by atoms with van der Waals surface area (Å²) in [6.45, 7) is 6.34. The lowest BCUT2D eigenvalue weighted by atomic mass is 9.94. The van der Waals surface area contributed by atoms with Crippen molar-refractivity contribution in [3.63, 3.8) is 0 Å². The molecule has 178 valence electrons. The van der Waals surface area contributed by atoms with E-state index in [2.05, 4.69) is 25.3 Å². The molecule has 0 spiro atoms. The lowest BCUT2D eigenvalue weighted by molar-refractivity contribution is 0.0779. The van der Waals surface area contributed by atoms with Gasteiger partial charge in [0.05, 0.1) is 11.1 Å². The molecule has 1 aromatic heterocycles. The Morgan fingerprint density at radius 3 is 2.41 bits per heavy atom. The van der Waals surface area contributed by atoms with Crippen molar-refractivity contribution in [1.29, 1.82) is 0 Å². The van der Waals surface area contributed by atoms with Crippen molar-refractivity contribution in [3.8, 4) is 11.3 Å². The molecule has 6 heteroatoms. The third-order valence-corrected chi connectivity index (χ3v) is 7.38. The number of piperazine rings is 1. The van der Waals surface area contributed by atoms with Crippen LogP contribution in [0.15, 0.2) is 54.6 Å². The highest BCUT2D eigenvalue weighted by Gasteiger charge is 2.25. The number of rotatable bonds is 7. The van der Waals surface area contributed by atoms with E-state index in [1.165, 1.54) is 45.2 Å². The van der Waals surface area contributed by atoms with E-state index in [4.69, 9.17) is 0 Å². The molecule has 1 amide bonds. The number of carbonyl (C=O) groups is 1. The van der Waals surface area contributed by atoms with Crippen LogP contribution in [0.5, 0.6) is 0 Å². The van der Waals surface area contributed by atoms with Gasteiger partial charge in [-0.05, 0) is 31.9 Å². The zero-order chi connectivity index (χ0) is 23.2. The van der Waals surface area contributed by atoms with Crippen LogP contribution in [-0.2, 0) is 0 Å². The van der Waals surface area contributed by atoms with Crippen LogP contribution in [0.2, 0.25) is 0 Å². The van der Waals surface area contributed by atoms with Crippen LogP contribution in [0.25, 0.3) is 22.2 Å². The molecule has 3 aromatic rings. The van der Waals surface area contributed by atoms with Gasteiger partial charge in [-0.15, -0.1) is 10.2 Å². The molecule has 5 rings (SSSR count). The number of nitrogens with zero attached hydrogens (tertiary/aromatic N) is 4. The summed E-state index contributed by atoms with van der Waals surface area (Å²) in [4.78, 5) is 18.6. The molecule has 0 radical (unpaired) electrons. The summed E-state index contributed by atoms with van der Waals surface area (Å²) in [5.74, 6) is -0.0768. The average molecular weight is 458 g/mol. The topological polar surface area (TPSA) is 61.4 Å². The molecule has 6 nitrogen and oxygen atoms in total. The summed E-state index contributed by atoms with van der Waals surface area (Å²) in [6.07, 6.45) is 7.94. The van der Waals surface area contributed by atoms with Crippen molar-refractivity contribution in [2.75, 3.05) is 39.3 Å². The highest BCUT2D eigenvalue weighted by Crippen LogP contribution is 2.27. The molecule has 2 aliphatic rings. The quantitative estimate of drug-likeness (QED) is 0.534. The van der Waals surface area contributed by atoms with Gasteiger partial charge in [0.1, 0.15) is 5.69 Å². The predicted molar refractivity (Wildman–Crippen MR) is 137 cm³/mol. The minimum atomic E-state index is -0.0768. The molecule has 2 heterocycles. The molecule has 1 N–H and O–H groups in total. The number of amides is 1. The number of benzene rings is 2. The van der Waals surface area contributed by atoms with Crippen LogP contribution in [-0.4, -0.2) is 71.2 Å². The first kappa shape index (κ1) is 22.9. The number of hydrogen-bond donors (Lipinski definition) is 1. The maximum Gasteiger partial charge on any atom is 0.254 e. The largest absolute Gasteiger partial charge is 0.352 e. The molecule has 0 unspecified atom stereocenters. The minimum absolute atomic E-state index is 0.0768. The SMILES string of the molecule is O=C(NCCCN1CCN(C2CCCCC2)CC1)c1c(-c2ccccc2)nnc2ccccc12. The number of carbonyl (C=O) groups excluding carboxylic acids is 1. The van der Waals surface area contributed by atoms with Gasteiger partial charge in [0.25, 0.3) is 5.91 Å². The minimum Gasteiger partial charge on any atom is -0.352 e. The average Bonchev–Trinajstić information content (AvgIpc) is 2.91. The molecule has 1 aliphatic carbocycles. The van der Waals surface area contributed by atoms with Gasteiger partial charge >= 0.3 is 0 Å². The van der Waals surface area contributed by atoms with Crippen molar-refractivity contribution in [3.05, 3.63) is 60.2 Å². The van der Waals surface area contributed by atoms with E-state index in [0.717, 1.165) is 48.6 Å². The van der Waals surface area contributed by atoms with Gasteiger partial charge in [0, 0.05) is 49.7 Å². The van der Waals surface area contributed by atoms with E-state index in [-0.39, 0.29) is 5.91 Å². The number of fused-ring (bicyclic) bond motifs is 1. The van der Waals surface area contributed by atoms with Gasteiger partial charge in [0.2, 0.25) is 0 Å². The van der Waals surface area contributed by atoms with E-state index >= 15 is 0 Å². The summed E-state index contributed by atoms with van der Waals surface area (Å²) in [7, 11) is 0. The van der Waals surface area contributed by atoms with Crippen LogP contribution >= 0.6 is 0 Å². The van der Waals surface area contributed by atoms with Gasteiger partial charge < -0.3 is 10.2 Å². The zero-order valence-corrected chi connectivity index (χ0v) is 20.0. The highest BCUT2D eigenvalue weighted by molar-refractivity contribution is 6.10. The van der Waals surface area contributed by atoms with Gasteiger partial charge in [-0.1, -0.05) is 67.8 Å². The molecule has 2 fully saturated rings. The van der Waals surface area contributed by atoms with Crippen molar-refractivity contribution in [2.24, 2.45) is 0 Å². The Labute approximate surface area is 202 Å². The van der Waals surface area contributed by atoms with Crippen LogP contribution in [0.3, 0.4) is 0 Å². The van der Waals surface area contributed by atoms with Crippen LogP contribution in [0, 0.1) is 0 Å². The van der Waals surface area contributed by atoms with Gasteiger partial charge in [-0.2, -0.15) is 0 Å². The highest BCUT2D eigenvalue weighted by atomic mass is 16.1. The van der Waals surface area contributed by atoms with E-state index in [1.807, 2.05) is 54.6 Å². The van der Waals surface area contributed by atoms with E-state index in [1.54, 1.807) is 0 Å². The first-order chi connectivity index (χ1) is 16.8. The standard InChI is InChI=1S/C28H35N5O/c34-28(29-16-9-17-32-18-20-33(21-19-32)23-12-5-2-6-13-23)26-24-14-7-8-15-25(24)30-31-27(26)22-10-3-1-4-11-22/h1,3-4,7-8,10-11,14-15,23H,2,5-6,9,12-13,16-21H2,(H,29,34). The Kier molecular flexibility index (Phi) is 7.46. The van der Waals surface area contributed by atoms with Gasteiger partial charge in [-0.3, -0.25) is 9.69 Å². The third kappa shape index (κ3) is 5.29. The van der Waals surface area contributed by atoms with Crippen molar-refractivity contribution >= 4 is 16.8 Å². The molecule has 1 aliphatic heterocycles. The fourth-order valence-corrected chi connectivity index (χ4v) is 5.47. The van der Waals surface area contributed by atoms with Crippen LogP contribution < -0.4 is 5.32 Å². The monoisotopic (exact) mass is 457 g/mol. The third-order valence-electron chi connectivity index (χ3n) is 7.38. The van der Waals surface area contributed by atoms with Crippen molar-refractivity contribution in [2.45, 2.75) is 44.6 Å². The lowest BCUT2D eigenvalue weighted by Crippen LogP contribution is -2.51. The van der Waals surface area contributed by atoms with Crippen molar-refractivity contribution < 1.29 is 4.79 Å². The molecule has 34 heavy (non-hydrogen) atoms. The second kappa shape index (κ2) is 11.1. The van der Waals surface area contributed by atoms with Gasteiger partial charge in [-0.25, -0.2) is 0 Å². The summed E-state index contributed by atoms with van der Waals surface area (Å²) in [6, 6.07) is 18.4. The fourth-order valence-electron chi connectivity index (χ4n) is 5.47. The number of hydrogen-bond acceptors (Lipinski definition) is 5. The first-order valence-corrected chi connectivity index (χ1v) is 12.8. The molecule has 1 saturated heterocycles. The molecule has 0 atom stereocenters. The maximum atomic E-state index is 13.3. The zero-order valence-electron chi connectivity index (χ0n) is 20.0. The normalized spacial score (nSPS) is 18.2. The van der Waals surface area contributed by atoms with Gasteiger partial charge in [0.15, 0.2) is 0 Å². The molecule has 1 saturated carbocycles. The van der Waals surface area contributed by atoms with E-state index < -0.39 is 0 Å². The molecular formula is C28H35N5O. The lowest BCUT2D eigenvalue weighted by Gasteiger charge is -2.40. The molecule has 0 bridgehead atoms. The number of nitrogens with one attached hydrogen (secondary N) is 1. The molecular weight excluding hydrogens is 422 g/mol. The maximum absolute atomic E-state index is 13.3. The number of aromatic nitrogens is 2. The van der Waals surface area contributed by atoms with E-state index in [0.29, 0.717) is 17.8 Å². The van der Waals surface area contributed by atoms with Crippen LogP contribution in [0.4, 0.5) is 0 Å². The predicted octanol–water partition coefficient (Wildman–Crippen LogP) is 4.37. The Hall–Kier alpha value is -2.83. The molecule has 2 aromatic carbocycles. The summed E-state index contributed by atoms with van der Waals surface area (Å²) in [5.41, 5.74) is 2.89. The summed E-state index contributed by atoms with van der Waals surface area (Å²) < 4.78 is 0. The summed E-state index contributed by atoms with van der Waals surface area (Å²) in [5, 5.41) is 12.8. The Balaban J connectivity index is 1.17. The van der Waals surface area contributed by atoms with Crippen molar-refractivity contribution in [1.82, 2.24) is 25.3 Å². The Morgan fingerprint density at radius 2 is 1.62 bits per heavy atom. The Bertz CT molecular complexity index is 1090. The smallest absolute Gasteiger partial charge is 0.254 e. The fraction of sp³-hybridized carbons (Fsp3) is 0.464. The Morgan fingerprint density at radius 1 is 0.882 bits per heavy atom. The first-order valence-electron chi connectivity index (χ1n) is 12.8.